The van der Waals surface area contributed by atoms with Crippen molar-refractivity contribution in [1.82, 2.24) is 0 Å². The summed E-state index contributed by atoms with van der Waals surface area (Å²) in [5, 5.41) is 0.641. The zero-order valence-electron chi connectivity index (χ0n) is 11.2. The van der Waals surface area contributed by atoms with Gasteiger partial charge in [-0.2, -0.15) is 0 Å². The Hall–Kier alpha value is -1.35. The molecule has 0 aliphatic rings. The van der Waals surface area contributed by atoms with Gasteiger partial charge in [-0.05, 0) is 49.7 Å². The summed E-state index contributed by atoms with van der Waals surface area (Å²) >= 11 is 3.43. The van der Waals surface area contributed by atoms with E-state index in [1.54, 1.807) is 6.07 Å². The van der Waals surface area contributed by atoms with Crippen LogP contribution in [0.3, 0.4) is 0 Å². The normalized spacial score (nSPS) is 10.5. The molecule has 19 heavy (non-hydrogen) atoms. The number of rotatable bonds is 4. The molecule has 0 fully saturated rings. The molecule has 0 saturated carbocycles. The van der Waals surface area contributed by atoms with Gasteiger partial charge in [0.1, 0.15) is 5.82 Å². The maximum atomic E-state index is 13.3. The summed E-state index contributed by atoms with van der Waals surface area (Å²) in [5.74, 6) is -0.196. The summed E-state index contributed by atoms with van der Waals surface area (Å²) in [7, 11) is 0. The van der Waals surface area contributed by atoms with Crippen molar-refractivity contribution in [3.8, 4) is 0 Å². The fourth-order valence-corrected chi connectivity index (χ4v) is 2.59. The van der Waals surface area contributed by atoms with Crippen LogP contribution in [0, 0.1) is 12.7 Å². The first-order chi connectivity index (χ1) is 9.15. The lowest BCUT2D eigenvalue weighted by atomic mass is 10.1. The maximum Gasteiger partial charge on any atom is 0.123 e. The predicted molar refractivity (Wildman–Crippen MR) is 82.9 cm³/mol. The molecule has 0 aliphatic heterocycles. The van der Waals surface area contributed by atoms with E-state index in [0.29, 0.717) is 5.33 Å². The quantitative estimate of drug-likeness (QED) is 0.701. The zero-order chi connectivity index (χ0) is 13.8. The predicted octanol–water partition coefficient (Wildman–Crippen LogP) is 5.19. The Balaban J connectivity index is 2.44. The third-order valence-electron chi connectivity index (χ3n) is 3.14. The van der Waals surface area contributed by atoms with Crippen LogP contribution >= 0.6 is 15.9 Å². The van der Waals surface area contributed by atoms with Crippen LogP contribution in [-0.2, 0) is 5.33 Å². The molecular weight excluding hydrogens is 305 g/mol. The third kappa shape index (κ3) is 3.16. The third-order valence-corrected chi connectivity index (χ3v) is 3.74. The van der Waals surface area contributed by atoms with Crippen LogP contribution in [0.1, 0.15) is 18.1 Å². The summed E-state index contributed by atoms with van der Waals surface area (Å²) in [4.78, 5) is 2.19. The highest BCUT2D eigenvalue weighted by Crippen LogP contribution is 2.30. The molecule has 1 nitrogen and oxygen atoms in total. The van der Waals surface area contributed by atoms with Crippen LogP contribution in [0.2, 0.25) is 0 Å². The lowest BCUT2D eigenvalue weighted by molar-refractivity contribution is 0.626. The average Bonchev–Trinajstić information content (AvgIpc) is 2.43. The van der Waals surface area contributed by atoms with Crippen molar-refractivity contribution in [1.29, 1.82) is 0 Å². The molecule has 0 atom stereocenters. The molecule has 3 heteroatoms. The molecule has 2 aromatic rings. The first-order valence-corrected chi connectivity index (χ1v) is 7.46. The number of hydrogen-bond donors (Lipinski definition) is 0. The number of nitrogens with zero attached hydrogens (tertiary/aromatic N) is 1. The van der Waals surface area contributed by atoms with E-state index in [1.807, 2.05) is 6.07 Å². The highest BCUT2D eigenvalue weighted by atomic mass is 79.9. The number of alkyl halides is 1. The number of hydrogen-bond acceptors (Lipinski definition) is 1. The van der Waals surface area contributed by atoms with E-state index in [9.17, 15) is 4.39 Å². The van der Waals surface area contributed by atoms with Crippen molar-refractivity contribution in [3.63, 3.8) is 0 Å². The van der Waals surface area contributed by atoms with Crippen LogP contribution in [0.5, 0.6) is 0 Å². The van der Waals surface area contributed by atoms with Crippen LogP contribution in [0.15, 0.2) is 42.5 Å². The van der Waals surface area contributed by atoms with E-state index in [1.165, 1.54) is 11.6 Å². The summed E-state index contributed by atoms with van der Waals surface area (Å²) in [6.45, 7) is 5.01. The Labute approximate surface area is 122 Å². The Morgan fingerprint density at radius 2 is 1.79 bits per heavy atom. The molecular formula is C16H17BrFN. The minimum atomic E-state index is -0.196. The Morgan fingerprint density at radius 1 is 1.11 bits per heavy atom. The van der Waals surface area contributed by atoms with Crippen molar-refractivity contribution < 1.29 is 4.39 Å². The van der Waals surface area contributed by atoms with Crippen LogP contribution < -0.4 is 4.90 Å². The fourth-order valence-electron chi connectivity index (χ4n) is 2.14. The molecule has 0 N–H and O–H groups in total. The number of aryl methyl sites for hydroxylation is 1. The highest BCUT2D eigenvalue weighted by molar-refractivity contribution is 9.08. The van der Waals surface area contributed by atoms with Gasteiger partial charge in [0.05, 0.1) is 0 Å². The summed E-state index contributed by atoms with van der Waals surface area (Å²) < 4.78 is 13.3. The summed E-state index contributed by atoms with van der Waals surface area (Å²) in [5.41, 5.74) is 4.37. The van der Waals surface area contributed by atoms with Gasteiger partial charge in [-0.1, -0.05) is 33.6 Å². The SMILES string of the molecule is CCN(c1ccc(C)cc1)c1ccc(F)cc1CBr. The van der Waals surface area contributed by atoms with Gasteiger partial charge in [-0.25, -0.2) is 4.39 Å². The van der Waals surface area contributed by atoms with Gasteiger partial charge >= 0.3 is 0 Å². The lowest BCUT2D eigenvalue weighted by Crippen LogP contribution is -2.17. The Bertz CT molecular complexity index is 551. The molecule has 2 aromatic carbocycles. The standard InChI is InChI=1S/C16H17BrFN/c1-3-19(15-7-4-12(2)5-8-15)16-9-6-14(18)10-13(16)11-17/h4-10H,3,11H2,1-2H3. The molecule has 0 amide bonds. The molecule has 0 heterocycles. The fraction of sp³-hybridized carbons (Fsp3) is 0.250. The largest absolute Gasteiger partial charge is 0.342 e. The second kappa shape index (κ2) is 6.20. The van der Waals surface area contributed by atoms with Gasteiger partial charge in [0.15, 0.2) is 0 Å². The molecule has 100 valence electrons. The van der Waals surface area contributed by atoms with Gasteiger partial charge in [-0.15, -0.1) is 0 Å². The molecule has 0 bridgehead atoms. The van der Waals surface area contributed by atoms with E-state index in [0.717, 1.165) is 23.5 Å². The van der Waals surface area contributed by atoms with Crippen molar-refractivity contribution in [3.05, 3.63) is 59.4 Å². The first kappa shape index (κ1) is 14.1. The number of benzene rings is 2. The van der Waals surface area contributed by atoms with Crippen molar-refractivity contribution >= 4 is 27.3 Å². The molecule has 0 aromatic heterocycles. The highest BCUT2D eigenvalue weighted by Gasteiger charge is 2.12. The van der Waals surface area contributed by atoms with Gasteiger partial charge in [0.2, 0.25) is 0 Å². The van der Waals surface area contributed by atoms with Gasteiger partial charge < -0.3 is 4.90 Å². The van der Waals surface area contributed by atoms with Crippen molar-refractivity contribution in [2.24, 2.45) is 0 Å². The van der Waals surface area contributed by atoms with Crippen LogP contribution in [0.4, 0.5) is 15.8 Å². The molecule has 0 radical (unpaired) electrons. The molecule has 0 saturated heterocycles. The summed E-state index contributed by atoms with van der Waals surface area (Å²) in [6.07, 6.45) is 0. The van der Waals surface area contributed by atoms with E-state index < -0.39 is 0 Å². The Morgan fingerprint density at radius 3 is 2.37 bits per heavy atom. The van der Waals surface area contributed by atoms with E-state index in [2.05, 4.69) is 58.9 Å². The van der Waals surface area contributed by atoms with Crippen molar-refractivity contribution in [2.75, 3.05) is 11.4 Å². The first-order valence-electron chi connectivity index (χ1n) is 6.34. The average molecular weight is 322 g/mol. The number of halogens is 2. The van der Waals surface area contributed by atoms with E-state index in [-0.39, 0.29) is 5.82 Å². The van der Waals surface area contributed by atoms with E-state index >= 15 is 0 Å². The second-order valence-electron chi connectivity index (χ2n) is 4.49. The monoisotopic (exact) mass is 321 g/mol. The molecule has 0 unspecified atom stereocenters. The van der Waals surface area contributed by atoms with Crippen LogP contribution in [-0.4, -0.2) is 6.54 Å². The smallest absolute Gasteiger partial charge is 0.123 e. The topological polar surface area (TPSA) is 3.24 Å². The molecule has 0 spiro atoms. The minimum Gasteiger partial charge on any atom is -0.342 e. The summed E-state index contributed by atoms with van der Waals surface area (Å²) in [6, 6.07) is 13.3. The van der Waals surface area contributed by atoms with Gasteiger partial charge in [0, 0.05) is 23.2 Å². The van der Waals surface area contributed by atoms with Gasteiger partial charge in [-0.3, -0.25) is 0 Å². The Kier molecular flexibility index (Phi) is 4.59. The van der Waals surface area contributed by atoms with E-state index in [4.69, 9.17) is 0 Å². The second-order valence-corrected chi connectivity index (χ2v) is 5.05. The lowest BCUT2D eigenvalue weighted by Gasteiger charge is -2.25. The maximum absolute atomic E-state index is 13.3. The zero-order valence-corrected chi connectivity index (χ0v) is 12.7. The number of anilines is 2. The van der Waals surface area contributed by atoms with Crippen LogP contribution in [0.25, 0.3) is 0 Å². The molecule has 0 aliphatic carbocycles. The van der Waals surface area contributed by atoms with Crippen molar-refractivity contribution in [2.45, 2.75) is 19.2 Å². The molecule has 2 rings (SSSR count). The van der Waals surface area contributed by atoms with Gasteiger partial charge in [0.25, 0.3) is 0 Å². The minimum absolute atomic E-state index is 0.196.